The molecule has 0 unspecified atom stereocenters. The molecule has 0 aliphatic carbocycles. The third-order valence-electron chi connectivity index (χ3n) is 0.552. The molecule has 4 nitrogen and oxygen atoms in total. The molecule has 0 radical (unpaired) electrons. The topological polar surface area (TPSA) is 73.6 Å². The average Bonchev–Trinajstić information content (AvgIpc) is 1.99. The summed E-state index contributed by atoms with van der Waals surface area (Å²) in [7, 11) is -3.68. The van der Waals surface area contributed by atoms with Crippen molar-refractivity contribution in [1.82, 2.24) is 4.98 Å². The average molecular weight is 121 g/mol. The molecule has 0 bridgehead atoms. The molecule has 0 fully saturated rings. The molecule has 1 aromatic rings. The normalized spacial score (nSPS) is 13.0. The Kier molecular flexibility index (Phi) is 0.834. The van der Waals surface area contributed by atoms with E-state index in [4.69, 9.17) is 14.7 Å². The molecular formula is C2H4NO3P. The summed E-state index contributed by atoms with van der Waals surface area (Å²) in [6, 6.07) is 0. The highest BCUT2D eigenvalue weighted by atomic mass is 31.2. The van der Waals surface area contributed by atoms with E-state index in [0.29, 0.717) is 0 Å². The fourth-order valence-corrected chi connectivity index (χ4v) is 0.551. The molecule has 5 heteroatoms. The molecule has 1 heterocycles. The van der Waals surface area contributed by atoms with Crippen LogP contribution in [-0.2, 0) is 0 Å². The van der Waals surface area contributed by atoms with E-state index in [2.05, 4.69) is 4.98 Å². The van der Waals surface area contributed by atoms with Gasteiger partial charge >= 0.3 is 0 Å². The molecule has 0 aliphatic rings. The van der Waals surface area contributed by atoms with Crippen molar-refractivity contribution < 1.29 is 14.7 Å². The highest BCUT2D eigenvalue weighted by molar-refractivity contribution is 7.50. The van der Waals surface area contributed by atoms with Gasteiger partial charge in [0, 0.05) is 0 Å². The van der Waals surface area contributed by atoms with Gasteiger partial charge in [-0.05, 0) is 0 Å². The van der Waals surface area contributed by atoms with Crippen LogP contribution in [-0.4, -0.2) is 19.7 Å². The van der Waals surface area contributed by atoms with E-state index in [1.54, 1.807) is 0 Å². The van der Waals surface area contributed by atoms with Crippen LogP contribution in [0.25, 0.3) is 0 Å². The second-order valence-corrected chi connectivity index (χ2v) is 2.78. The van der Waals surface area contributed by atoms with Crippen molar-refractivity contribution in [3.05, 3.63) is 11.3 Å². The molecule has 0 aliphatic heterocycles. The Labute approximate surface area is 39.6 Å². The summed E-state index contributed by atoms with van der Waals surface area (Å²) in [6.07, 6.45) is 1.22. The van der Waals surface area contributed by atoms with Gasteiger partial charge in [0.15, 0.2) is 5.07 Å². The highest BCUT2D eigenvalue weighted by Gasteiger charge is 2.07. The maximum absolute atomic E-state index is 8.22. The van der Waals surface area contributed by atoms with Gasteiger partial charge in [0.05, 0.1) is 6.20 Å². The molecular weight excluding hydrogens is 117 g/mol. The van der Waals surface area contributed by atoms with E-state index in [-0.39, 0.29) is 5.07 Å². The van der Waals surface area contributed by atoms with E-state index < -0.39 is 7.57 Å². The maximum atomic E-state index is 8.22. The van der Waals surface area contributed by atoms with Crippen LogP contribution in [0.15, 0.2) is 6.20 Å². The summed E-state index contributed by atoms with van der Waals surface area (Å²) in [5.41, 5.74) is 0. The minimum Gasteiger partial charge on any atom is -0.331 e. The third kappa shape index (κ3) is 1.11. The second-order valence-electron chi connectivity index (χ2n) is 1.18. The molecule has 0 amide bonds. The quantitative estimate of drug-likeness (QED) is 0.394. The van der Waals surface area contributed by atoms with Crippen molar-refractivity contribution in [3.63, 3.8) is 0 Å². The SMILES string of the molecule is OP(O)(O)=c1cn1. The van der Waals surface area contributed by atoms with Crippen molar-refractivity contribution >= 4 is 7.57 Å². The number of rotatable bonds is 0. The molecule has 1 aromatic heterocycles. The van der Waals surface area contributed by atoms with E-state index in [1.165, 1.54) is 6.20 Å². The van der Waals surface area contributed by atoms with Gasteiger partial charge in [-0.25, -0.2) is 4.98 Å². The molecule has 1 rings (SSSR count). The van der Waals surface area contributed by atoms with Crippen LogP contribution >= 0.6 is 7.57 Å². The summed E-state index contributed by atoms with van der Waals surface area (Å²) in [5.74, 6) is 0. The van der Waals surface area contributed by atoms with Crippen LogP contribution in [0.2, 0.25) is 0 Å². The number of hydrogen-bond acceptors (Lipinski definition) is 4. The van der Waals surface area contributed by atoms with Crippen molar-refractivity contribution in [2.75, 3.05) is 0 Å². The lowest BCUT2D eigenvalue weighted by Crippen LogP contribution is -1.69. The maximum Gasteiger partial charge on any atom is 0.277 e. The van der Waals surface area contributed by atoms with Crippen LogP contribution in [0.3, 0.4) is 0 Å². The van der Waals surface area contributed by atoms with E-state index in [1.807, 2.05) is 0 Å². The minimum absolute atomic E-state index is 0.0208. The van der Waals surface area contributed by atoms with Crippen LogP contribution < -0.4 is 0 Å². The van der Waals surface area contributed by atoms with Crippen molar-refractivity contribution in [2.24, 2.45) is 0 Å². The Morgan fingerprint density at radius 2 is 1.86 bits per heavy atom. The summed E-state index contributed by atoms with van der Waals surface area (Å²) in [6.45, 7) is 0. The van der Waals surface area contributed by atoms with Gasteiger partial charge in [-0.1, -0.05) is 0 Å². The van der Waals surface area contributed by atoms with Gasteiger partial charge in [-0.3, -0.25) is 0 Å². The zero-order valence-electron chi connectivity index (χ0n) is 3.31. The van der Waals surface area contributed by atoms with Gasteiger partial charge in [0.25, 0.3) is 7.57 Å². The molecule has 3 N–H and O–H groups in total. The summed E-state index contributed by atoms with van der Waals surface area (Å²) in [4.78, 5) is 27.9. The van der Waals surface area contributed by atoms with Gasteiger partial charge in [0.1, 0.15) is 0 Å². The van der Waals surface area contributed by atoms with Gasteiger partial charge < -0.3 is 14.7 Å². The first-order chi connectivity index (χ1) is 3.11. The Bertz CT molecular complexity index is 184. The Balaban J connectivity index is 3.21. The summed E-state index contributed by atoms with van der Waals surface area (Å²) >= 11 is 0. The molecule has 0 spiro atoms. The van der Waals surface area contributed by atoms with Crippen molar-refractivity contribution in [1.29, 1.82) is 0 Å². The molecule has 0 saturated heterocycles. The minimum atomic E-state index is -3.68. The second kappa shape index (κ2) is 1.17. The smallest absolute Gasteiger partial charge is 0.277 e. The predicted octanol–water partition coefficient (Wildman–Crippen LogP) is -0.771. The fraction of sp³-hybridized carbons (Fsp3) is 0. The standard InChI is InChI=1S/C2H4NO3P/c4-7(5,6)2-1-3-2/h1,4-6H. The van der Waals surface area contributed by atoms with Gasteiger partial charge in [0.2, 0.25) is 0 Å². The third-order valence-corrected chi connectivity index (χ3v) is 1.40. The molecule has 0 aromatic carbocycles. The first-order valence-electron chi connectivity index (χ1n) is 1.59. The van der Waals surface area contributed by atoms with Gasteiger partial charge in [-0.15, -0.1) is 0 Å². The van der Waals surface area contributed by atoms with Gasteiger partial charge in [-0.2, -0.15) is 0 Å². The van der Waals surface area contributed by atoms with E-state index >= 15 is 0 Å². The van der Waals surface area contributed by atoms with Crippen LogP contribution in [0.4, 0.5) is 0 Å². The summed E-state index contributed by atoms with van der Waals surface area (Å²) in [5, 5.41) is 0.0208. The fourth-order valence-electron chi connectivity index (χ4n) is 0.184. The van der Waals surface area contributed by atoms with Crippen molar-refractivity contribution in [3.8, 4) is 0 Å². The van der Waals surface area contributed by atoms with E-state index in [9.17, 15) is 0 Å². The van der Waals surface area contributed by atoms with Crippen molar-refractivity contribution in [2.45, 2.75) is 0 Å². The zero-order valence-corrected chi connectivity index (χ0v) is 4.21. The zero-order chi connectivity index (χ0) is 5.49. The molecule has 0 atom stereocenters. The van der Waals surface area contributed by atoms with E-state index in [0.717, 1.165) is 0 Å². The lowest BCUT2D eigenvalue weighted by molar-refractivity contribution is 0.354. The molecule has 7 heavy (non-hydrogen) atoms. The van der Waals surface area contributed by atoms with Crippen LogP contribution in [0.5, 0.6) is 0 Å². The first-order valence-corrected chi connectivity index (χ1v) is 3.24. The first kappa shape index (κ1) is 5.00. The molecule has 40 valence electrons. The van der Waals surface area contributed by atoms with Crippen LogP contribution in [0, 0.1) is 5.07 Å². The Morgan fingerprint density at radius 3 is 1.86 bits per heavy atom. The lowest BCUT2D eigenvalue weighted by atomic mass is 11.2. The Hall–Kier alpha value is -0.150. The number of nitrogens with zero attached hydrogens (tertiary/aromatic N) is 1. The Morgan fingerprint density at radius 1 is 1.43 bits per heavy atom. The monoisotopic (exact) mass is 121 g/mol. The highest BCUT2D eigenvalue weighted by Crippen LogP contribution is 2.35. The molecule has 0 saturated carbocycles. The summed E-state index contributed by atoms with van der Waals surface area (Å²) < 4.78 is 0. The predicted molar refractivity (Wildman–Crippen MR) is 23.4 cm³/mol. The number of hydrogen-bond donors (Lipinski definition) is 3. The number of aromatic nitrogens is 1. The lowest BCUT2D eigenvalue weighted by Gasteiger charge is -1.92. The largest absolute Gasteiger partial charge is 0.331 e. The van der Waals surface area contributed by atoms with Crippen LogP contribution in [0.1, 0.15) is 0 Å².